The topological polar surface area (TPSA) is 29.1 Å². The van der Waals surface area contributed by atoms with Crippen LogP contribution in [0, 0.1) is 0 Å². The number of halogens is 1. The second kappa shape index (κ2) is 9.29. The van der Waals surface area contributed by atoms with Crippen molar-refractivity contribution in [1.29, 1.82) is 0 Å². The van der Waals surface area contributed by atoms with Crippen LogP contribution in [0.4, 0.5) is 0 Å². The molecule has 3 heteroatoms. The van der Waals surface area contributed by atoms with E-state index in [1.165, 1.54) is 0 Å². The number of carbonyl (C=O) groups excluding carboxylic acids is 1. The summed E-state index contributed by atoms with van der Waals surface area (Å²) in [5.41, 5.74) is 1.07. The summed E-state index contributed by atoms with van der Waals surface area (Å²) in [6.07, 6.45) is 0. The minimum absolute atomic E-state index is 0.0458. The Labute approximate surface area is 119 Å². The molecule has 0 saturated heterocycles. The zero-order valence-electron chi connectivity index (χ0n) is 12.0. The summed E-state index contributed by atoms with van der Waals surface area (Å²) in [6.45, 7) is 10.5. The molecule has 0 aliphatic rings. The quantitative estimate of drug-likeness (QED) is 0.885. The number of carbonyl (C=O) groups is 1. The largest absolute Gasteiger partial charge is 0.313 e. The van der Waals surface area contributed by atoms with Crippen LogP contribution in [-0.4, -0.2) is 18.4 Å². The second-order valence-corrected chi connectivity index (χ2v) is 5.19. The minimum Gasteiger partial charge on any atom is -0.313 e. The zero-order chi connectivity index (χ0) is 14.1. The number of hydrogen-bond donors (Lipinski definition) is 1. The maximum absolute atomic E-state index is 11.6. The maximum atomic E-state index is 11.6. The second-order valence-electron chi connectivity index (χ2n) is 4.28. The van der Waals surface area contributed by atoms with Crippen molar-refractivity contribution in [3.63, 3.8) is 0 Å². The lowest BCUT2D eigenvalue weighted by molar-refractivity contribution is -0.118. The van der Waals surface area contributed by atoms with Crippen molar-refractivity contribution in [3.8, 4) is 0 Å². The third-order valence-corrected chi connectivity index (χ3v) is 3.02. The third kappa shape index (κ3) is 6.31. The molecule has 1 aromatic carbocycles. The monoisotopic (exact) mass is 313 g/mol. The number of rotatable bonds is 5. The molecule has 0 bridgehead atoms. The smallest absolute Gasteiger partial charge is 0.138 e. The molecule has 1 aromatic rings. The number of nitrogens with one attached hydrogen (secondary N) is 1. The Morgan fingerprint density at radius 3 is 2.11 bits per heavy atom. The van der Waals surface area contributed by atoms with E-state index in [2.05, 4.69) is 35.1 Å². The number of Topliss-reactive ketones (excluding diaryl/α,β-unsaturated/α-hetero) is 1. The van der Waals surface area contributed by atoms with Gasteiger partial charge in [-0.25, -0.2) is 0 Å². The molecule has 18 heavy (non-hydrogen) atoms. The van der Waals surface area contributed by atoms with E-state index in [1.807, 2.05) is 38.1 Å². The van der Waals surface area contributed by atoms with Crippen molar-refractivity contribution in [1.82, 2.24) is 5.32 Å². The van der Waals surface area contributed by atoms with Gasteiger partial charge in [-0.2, -0.15) is 0 Å². The van der Waals surface area contributed by atoms with Crippen LogP contribution in [0.15, 0.2) is 28.7 Å². The van der Waals surface area contributed by atoms with Crippen LogP contribution >= 0.6 is 15.9 Å². The van der Waals surface area contributed by atoms with Gasteiger partial charge in [0, 0.05) is 17.1 Å². The Morgan fingerprint density at radius 2 is 1.72 bits per heavy atom. The van der Waals surface area contributed by atoms with E-state index in [0.717, 1.165) is 10.0 Å². The summed E-state index contributed by atoms with van der Waals surface area (Å²) < 4.78 is 1.04. The van der Waals surface area contributed by atoms with Gasteiger partial charge in [-0.3, -0.25) is 4.79 Å². The van der Waals surface area contributed by atoms with Crippen LogP contribution in [-0.2, 0) is 4.79 Å². The summed E-state index contributed by atoms with van der Waals surface area (Å²) in [4.78, 5) is 11.6. The van der Waals surface area contributed by atoms with Crippen LogP contribution in [0.5, 0.6) is 0 Å². The fourth-order valence-corrected chi connectivity index (χ4v) is 1.81. The molecule has 0 heterocycles. The minimum atomic E-state index is -0.0458. The molecule has 0 amide bonds. The normalized spacial score (nSPS) is 11.7. The average molecular weight is 314 g/mol. The van der Waals surface area contributed by atoms with Crippen LogP contribution in [0.3, 0.4) is 0 Å². The van der Waals surface area contributed by atoms with Gasteiger partial charge in [0.2, 0.25) is 0 Å². The summed E-state index contributed by atoms with van der Waals surface area (Å²) in [6, 6.07) is 8.34. The number of benzene rings is 1. The summed E-state index contributed by atoms with van der Waals surface area (Å²) in [5.74, 6) is 0.158. The number of hydrogen-bond acceptors (Lipinski definition) is 2. The molecule has 102 valence electrons. The summed E-state index contributed by atoms with van der Waals surface area (Å²) in [7, 11) is 0. The van der Waals surface area contributed by atoms with Crippen LogP contribution in [0.25, 0.3) is 0 Å². The molecule has 1 atom stereocenters. The first kappa shape index (κ1) is 17.3. The van der Waals surface area contributed by atoms with Gasteiger partial charge in [0.25, 0.3) is 0 Å². The molecule has 0 fully saturated rings. The van der Waals surface area contributed by atoms with Gasteiger partial charge in [0.1, 0.15) is 5.78 Å². The predicted molar refractivity (Wildman–Crippen MR) is 82.1 cm³/mol. The Kier molecular flexibility index (Phi) is 8.94. The molecule has 1 unspecified atom stereocenters. The van der Waals surface area contributed by atoms with Crippen LogP contribution in [0.1, 0.15) is 46.1 Å². The molecule has 0 aliphatic carbocycles. The maximum Gasteiger partial charge on any atom is 0.138 e. The first-order chi connectivity index (χ1) is 8.50. The SMILES string of the molecule is CC.CC(=O)C(CNC(C)C)c1ccc(Br)cc1. The molecule has 1 rings (SSSR count). The molecular weight excluding hydrogens is 290 g/mol. The van der Waals surface area contributed by atoms with Crippen molar-refractivity contribution < 1.29 is 4.79 Å². The van der Waals surface area contributed by atoms with Crippen LogP contribution in [0.2, 0.25) is 0 Å². The lowest BCUT2D eigenvalue weighted by atomic mass is 9.95. The van der Waals surface area contributed by atoms with E-state index in [4.69, 9.17) is 0 Å². The van der Waals surface area contributed by atoms with E-state index in [-0.39, 0.29) is 11.7 Å². The Hall–Kier alpha value is -0.670. The summed E-state index contributed by atoms with van der Waals surface area (Å²) in [5, 5.41) is 3.31. The van der Waals surface area contributed by atoms with E-state index in [0.29, 0.717) is 12.6 Å². The van der Waals surface area contributed by atoms with E-state index in [1.54, 1.807) is 6.92 Å². The average Bonchev–Trinajstić information content (AvgIpc) is 2.33. The fourth-order valence-electron chi connectivity index (χ4n) is 1.54. The van der Waals surface area contributed by atoms with Crippen molar-refractivity contribution in [2.45, 2.75) is 46.6 Å². The zero-order valence-corrected chi connectivity index (χ0v) is 13.5. The van der Waals surface area contributed by atoms with Gasteiger partial charge < -0.3 is 5.32 Å². The molecule has 0 saturated carbocycles. The first-order valence-electron chi connectivity index (χ1n) is 6.50. The lowest BCUT2D eigenvalue weighted by Gasteiger charge is -2.17. The highest BCUT2D eigenvalue weighted by Crippen LogP contribution is 2.19. The van der Waals surface area contributed by atoms with Crippen molar-refractivity contribution in [2.24, 2.45) is 0 Å². The number of ketones is 1. The molecular formula is C15H24BrNO. The van der Waals surface area contributed by atoms with E-state index >= 15 is 0 Å². The highest BCUT2D eigenvalue weighted by molar-refractivity contribution is 9.10. The van der Waals surface area contributed by atoms with Crippen molar-refractivity contribution >= 4 is 21.7 Å². The molecule has 0 aromatic heterocycles. The predicted octanol–water partition coefficient (Wildman–Crippen LogP) is 4.15. The third-order valence-electron chi connectivity index (χ3n) is 2.49. The van der Waals surface area contributed by atoms with Gasteiger partial charge in [-0.15, -0.1) is 0 Å². The fraction of sp³-hybridized carbons (Fsp3) is 0.533. The lowest BCUT2D eigenvalue weighted by Crippen LogP contribution is -2.30. The van der Waals surface area contributed by atoms with Crippen molar-refractivity contribution in [2.75, 3.05) is 6.54 Å². The summed E-state index contributed by atoms with van der Waals surface area (Å²) >= 11 is 3.39. The van der Waals surface area contributed by atoms with Gasteiger partial charge in [-0.05, 0) is 24.6 Å². The molecule has 0 spiro atoms. The van der Waals surface area contributed by atoms with Crippen molar-refractivity contribution in [3.05, 3.63) is 34.3 Å². The van der Waals surface area contributed by atoms with Gasteiger partial charge >= 0.3 is 0 Å². The van der Waals surface area contributed by atoms with Gasteiger partial charge in [0.05, 0.1) is 5.92 Å². The standard InChI is InChI=1S/C13H18BrNO.C2H6/c1-9(2)15-8-13(10(3)16)11-4-6-12(14)7-5-11;1-2/h4-7,9,13,15H,8H2,1-3H3;1-2H3. The highest BCUT2D eigenvalue weighted by atomic mass is 79.9. The van der Waals surface area contributed by atoms with E-state index in [9.17, 15) is 4.79 Å². The molecule has 2 nitrogen and oxygen atoms in total. The molecule has 0 aliphatic heterocycles. The van der Waals surface area contributed by atoms with Crippen LogP contribution < -0.4 is 5.32 Å². The van der Waals surface area contributed by atoms with Gasteiger partial charge in [-0.1, -0.05) is 55.8 Å². The molecule has 1 N–H and O–H groups in total. The first-order valence-corrected chi connectivity index (χ1v) is 7.29. The Balaban J connectivity index is 0.00000137. The Bertz CT molecular complexity index is 346. The molecule has 0 radical (unpaired) electrons. The van der Waals surface area contributed by atoms with Gasteiger partial charge in [0.15, 0.2) is 0 Å². The van der Waals surface area contributed by atoms with E-state index < -0.39 is 0 Å². The highest BCUT2D eigenvalue weighted by Gasteiger charge is 2.16. The Morgan fingerprint density at radius 1 is 1.22 bits per heavy atom.